The maximum Gasteiger partial charge on any atom is 0.161 e. The third-order valence-electron chi connectivity index (χ3n) is 2.57. The summed E-state index contributed by atoms with van der Waals surface area (Å²) in [4.78, 5) is 5.58. The largest absolute Gasteiger partial charge is 0.493 e. The van der Waals surface area contributed by atoms with Crippen LogP contribution >= 0.6 is 11.3 Å². The summed E-state index contributed by atoms with van der Waals surface area (Å²) in [5, 5.41) is 4.25. The van der Waals surface area contributed by atoms with Gasteiger partial charge in [0.05, 0.1) is 7.11 Å². The molecule has 0 unspecified atom stereocenters. The Morgan fingerprint density at radius 2 is 2.05 bits per heavy atom. The van der Waals surface area contributed by atoms with E-state index in [9.17, 15) is 0 Å². The van der Waals surface area contributed by atoms with Crippen LogP contribution < -0.4 is 14.8 Å². The summed E-state index contributed by atoms with van der Waals surface area (Å²) in [5.74, 6) is 1.49. The van der Waals surface area contributed by atoms with Gasteiger partial charge in [0, 0.05) is 17.6 Å². The van der Waals surface area contributed by atoms with Crippen molar-refractivity contribution in [3.05, 3.63) is 40.3 Å². The van der Waals surface area contributed by atoms with Crippen molar-refractivity contribution >= 4 is 11.3 Å². The first-order chi connectivity index (χ1) is 9.33. The van der Waals surface area contributed by atoms with Gasteiger partial charge in [-0.25, -0.2) is 4.98 Å². The number of rotatable bonds is 7. The molecule has 0 saturated carbocycles. The van der Waals surface area contributed by atoms with E-state index in [0.29, 0.717) is 6.61 Å². The second-order valence-electron chi connectivity index (χ2n) is 3.94. The lowest BCUT2D eigenvalue weighted by Crippen LogP contribution is -2.10. The van der Waals surface area contributed by atoms with Crippen LogP contribution in [0.2, 0.25) is 0 Å². The molecule has 1 heterocycles. The van der Waals surface area contributed by atoms with Gasteiger partial charge in [0.1, 0.15) is 11.6 Å². The van der Waals surface area contributed by atoms with E-state index in [1.165, 1.54) is 4.88 Å². The fourth-order valence-electron chi connectivity index (χ4n) is 1.62. The summed E-state index contributed by atoms with van der Waals surface area (Å²) in [6, 6.07) is 7.62. The number of hydrogen-bond acceptors (Lipinski definition) is 5. The zero-order valence-electron chi connectivity index (χ0n) is 11.2. The number of thiazole rings is 1. The molecule has 102 valence electrons. The Labute approximate surface area is 117 Å². The average Bonchev–Trinajstić information content (AvgIpc) is 2.91. The monoisotopic (exact) mass is 278 g/mol. The van der Waals surface area contributed by atoms with E-state index < -0.39 is 0 Å². The van der Waals surface area contributed by atoms with Gasteiger partial charge in [0.25, 0.3) is 0 Å². The minimum atomic E-state index is 0.469. The van der Waals surface area contributed by atoms with Crippen LogP contribution in [0.25, 0.3) is 0 Å². The lowest BCUT2D eigenvalue weighted by molar-refractivity contribution is 0.284. The highest BCUT2D eigenvalue weighted by molar-refractivity contribution is 7.11. The number of aromatic nitrogens is 1. The normalized spacial score (nSPS) is 10.4. The van der Waals surface area contributed by atoms with Gasteiger partial charge in [-0.2, -0.15) is 0 Å². The first-order valence-corrected chi connectivity index (χ1v) is 7.05. The van der Waals surface area contributed by atoms with Crippen molar-refractivity contribution in [2.75, 3.05) is 13.7 Å². The molecule has 0 radical (unpaired) electrons. The standard InChI is InChI=1S/C14H18N2O2S/c1-3-15-8-11-9-16-14(19-11)10-18-13-7-5-4-6-12(13)17-2/h4-7,9,15H,3,8,10H2,1-2H3. The van der Waals surface area contributed by atoms with E-state index in [2.05, 4.69) is 17.2 Å². The third-order valence-corrected chi connectivity index (χ3v) is 3.54. The van der Waals surface area contributed by atoms with Crippen molar-refractivity contribution in [2.24, 2.45) is 0 Å². The zero-order chi connectivity index (χ0) is 13.5. The summed E-state index contributed by atoms with van der Waals surface area (Å²) < 4.78 is 11.0. The summed E-state index contributed by atoms with van der Waals surface area (Å²) >= 11 is 1.67. The molecule has 1 aromatic heterocycles. The van der Waals surface area contributed by atoms with Gasteiger partial charge in [-0.3, -0.25) is 0 Å². The van der Waals surface area contributed by atoms with Gasteiger partial charge in [0.15, 0.2) is 11.5 Å². The Bertz CT molecular complexity index is 514. The summed E-state index contributed by atoms with van der Waals surface area (Å²) in [6.45, 7) is 4.39. The predicted molar refractivity (Wildman–Crippen MR) is 76.8 cm³/mol. The topological polar surface area (TPSA) is 43.4 Å². The maximum absolute atomic E-state index is 5.73. The molecule has 0 amide bonds. The predicted octanol–water partition coefficient (Wildman–Crippen LogP) is 2.84. The number of benzene rings is 1. The lowest BCUT2D eigenvalue weighted by Gasteiger charge is -2.08. The van der Waals surface area contributed by atoms with E-state index in [4.69, 9.17) is 9.47 Å². The minimum Gasteiger partial charge on any atom is -0.493 e. The summed E-state index contributed by atoms with van der Waals surface area (Å²) in [6.07, 6.45) is 1.90. The molecule has 0 saturated heterocycles. The Hall–Kier alpha value is -1.59. The number of methoxy groups -OCH3 is 1. The van der Waals surface area contributed by atoms with Crippen molar-refractivity contribution < 1.29 is 9.47 Å². The zero-order valence-corrected chi connectivity index (χ0v) is 12.0. The van der Waals surface area contributed by atoms with E-state index in [0.717, 1.165) is 29.6 Å². The van der Waals surface area contributed by atoms with E-state index in [-0.39, 0.29) is 0 Å². The molecular formula is C14H18N2O2S. The van der Waals surface area contributed by atoms with E-state index in [1.807, 2.05) is 30.5 Å². The molecule has 0 fully saturated rings. The Morgan fingerprint density at radius 3 is 2.79 bits per heavy atom. The highest BCUT2D eigenvalue weighted by Crippen LogP contribution is 2.27. The van der Waals surface area contributed by atoms with Crippen molar-refractivity contribution in [3.8, 4) is 11.5 Å². The summed E-state index contributed by atoms with van der Waals surface area (Å²) in [7, 11) is 1.64. The smallest absolute Gasteiger partial charge is 0.161 e. The number of para-hydroxylation sites is 2. The second-order valence-corrected chi connectivity index (χ2v) is 5.14. The summed E-state index contributed by atoms with van der Waals surface area (Å²) in [5.41, 5.74) is 0. The quantitative estimate of drug-likeness (QED) is 0.846. The van der Waals surface area contributed by atoms with E-state index in [1.54, 1.807) is 18.4 Å². The van der Waals surface area contributed by atoms with Crippen LogP contribution in [0.4, 0.5) is 0 Å². The van der Waals surface area contributed by atoms with Crippen molar-refractivity contribution in [1.29, 1.82) is 0 Å². The highest BCUT2D eigenvalue weighted by atomic mass is 32.1. The average molecular weight is 278 g/mol. The molecule has 0 aliphatic rings. The van der Waals surface area contributed by atoms with Gasteiger partial charge in [-0.1, -0.05) is 19.1 Å². The Morgan fingerprint density at radius 1 is 1.26 bits per heavy atom. The van der Waals surface area contributed by atoms with Crippen molar-refractivity contribution in [1.82, 2.24) is 10.3 Å². The van der Waals surface area contributed by atoms with Crippen LogP contribution in [0.5, 0.6) is 11.5 Å². The van der Waals surface area contributed by atoms with Gasteiger partial charge >= 0.3 is 0 Å². The minimum absolute atomic E-state index is 0.469. The molecule has 0 aliphatic carbocycles. The van der Waals surface area contributed by atoms with Gasteiger partial charge < -0.3 is 14.8 Å². The fourth-order valence-corrected chi connectivity index (χ4v) is 2.43. The number of nitrogens with zero attached hydrogens (tertiary/aromatic N) is 1. The first-order valence-electron chi connectivity index (χ1n) is 6.23. The molecule has 0 spiro atoms. The highest BCUT2D eigenvalue weighted by Gasteiger charge is 2.06. The first kappa shape index (κ1) is 13.8. The molecule has 2 aromatic rings. The second kappa shape index (κ2) is 7.11. The molecular weight excluding hydrogens is 260 g/mol. The molecule has 2 rings (SSSR count). The van der Waals surface area contributed by atoms with Crippen LogP contribution in [0.15, 0.2) is 30.5 Å². The third kappa shape index (κ3) is 3.94. The van der Waals surface area contributed by atoms with Gasteiger partial charge in [-0.15, -0.1) is 11.3 Å². The van der Waals surface area contributed by atoms with Crippen LogP contribution in [0, 0.1) is 0 Å². The molecule has 5 heteroatoms. The van der Waals surface area contributed by atoms with Gasteiger partial charge in [-0.05, 0) is 18.7 Å². The molecule has 4 nitrogen and oxygen atoms in total. The molecule has 1 aromatic carbocycles. The molecule has 0 atom stereocenters. The SMILES string of the molecule is CCNCc1cnc(COc2ccccc2OC)s1. The van der Waals surface area contributed by atoms with E-state index >= 15 is 0 Å². The van der Waals surface area contributed by atoms with Crippen LogP contribution in [0.3, 0.4) is 0 Å². The molecule has 0 bridgehead atoms. The van der Waals surface area contributed by atoms with Gasteiger partial charge in [0.2, 0.25) is 0 Å². The van der Waals surface area contributed by atoms with Crippen LogP contribution in [0.1, 0.15) is 16.8 Å². The maximum atomic E-state index is 5.73. The Balaban J connectivity index is 1.93. The molecule has 19 heavy (non-hydrogen) atoms. The van der Waals surface area contributed by atoms with Crippen molar-refractivity contribution in [2.45, 2.75) is 20.1 Å². The number of nitrogens with one attached hydrogen (secondary N) is 1. The fraction of sp³-hybridized carbons (Fsp3) is 0.357. The molecule has 1 N–H and O–H groups in total. The Kier molecular flexibility index (Phi) is 5.18. The lowest BCUT2D eigenvalue weighted by atomic mass is 10.3. The van der Waals surface area contributed by atoms with Crippen LogP contribution in [-0.4, -0.2) is 18.6 Å². The van der Waals surface area contributed by atoms with Crippen molar-refractivity contribution in [3.63, 3.8) is 0 Å². The molecule has 0 aliphatic heterocycles. The number of hydrogen-bond donors (Lipinski definition) is 1. The van der Waals surface area contributed by atoms with Crippen LogP contribution in [-0.2, 0) is 13.2 Å². The number of ether oxygens (including phenoxy) is 2.